The summed E-state index contributed by atoms with van der Waals surface area (Å²) < 4.78 is 7.95. The Morgan fingerprint density at radius 2 is 1.97 bits per heavy atom. The highest BCUT2D eigenvalue weighted by molar-refractivity contribution is 5.67. The number of nitrogens with one attached hydrogen (secondary N) is 2. The van der Waals surface area contributed by atoms with Crippen molar-refractivity contribution in [2.24, 2.45) is 7.05 Å². The van der Waals surface area contributed by atoms with Gasteiger partial charge in [0.1, 0.15) is 6.61 Å². The van der Waals surface area contributed by atoms with E-state index in [1.165, 1.54) is 11.1 Å². The number of hydrogen-bond acceptors (Lipinski definition) is 6. The first kappa shape index (κ1) is 21.7. The van der Waals surface area contributed by atoms with Crippen molar-refractivity contribution < 1.29 is 4.74 Å². The molecule has 0 fully saturated rings. The van der Waals surface area contributed by atoms with Gasteiger partial charge in [-0.2, -0.15) is 10.4 Å². The molecule has 7 nitrogen and oxygen atoms in total. The summed E-state index contributed by atoms with van der Waals surface area (Å²) in [4.78, 5) is 4.65. The molecule has 0 aliphatic carbocycles. The molecule has 2 atom stereocenters. The van der Waals surface area contributed by atoms with E-state index >= 15 is 0 Å². The molecule has 0 amide bonds. The van der Waals surface area contributed by atoms with Crippen molar-refractivity contribution in [3.8, 4) is 22.9 Å². The fourth-order valence-corrected chi connectivity index (χ4v) is 4.24. The largest absolute Gasteiger partial charge is 0.487 e. The number of aryl methyl sites for hydroxylation is 1. The predicted molar refractivity (Wildman–Crippen MR) is 131 cm³/mol. The second kappa shape index (κ2) is 9.77. The molecule has 1 aliphatic rings. The van der Waals surface area contributed by atoms with Crippen LogP contribution in [-0.2, 0) is 13.5 Å². The van der Waals surface area contributed by atoms with Crippen LogP contribution in [0.2, 0.25) is 0 Å². The Morgan fingerprint density at radius 3 is 2.71 bits per heavy atom. The Labute approximate surface area is 199 Å². The molecule has 5 rings (SSSR count). The first-order valence-electron chi connectivity index (χ1n) is 11.4. The molecule has 0 unspecified atom stereocenters. The van der Waals surface area contributed by atoms with E-state index in [4.69, 9.17) is 10.00 Å². The molecule has 2 aromatic heterocycles. The van der Waals surface area contributed by atoms with Crippen LogP contribution in [0, 0.1) is 11.3 Å². The molecule has 7 heteroatoms. The highest BCUT2D eigenvalue weighted by Gasteiger charge is 2.29. The van der Waals surface area contributed by atoms with Gasteiger partial charge in [-0.25, -0.2) is 4.98 Å². The fourth-order valence-electron chi connectivity index (χ4n) is 4.24. The molecule has 0 radical (unpaired) electrons. The molecule has 0 spiro atoms. The van der Waals surface area contributed by atoms with E-state index in [2.05, 4.69) is 51.1 Å². The molecular weight excluding hydrogens is 424 g/mol. The quantitative estimate of drug-likeness (QED) is 0.441. The minimum Gasteiger partial charge on any atom is -0.487 e. The Kier molecular flexibility index (Phi) is 6.23. The first-order chi connectivity index (χ1) is 16.7. The van der Waals surface area contributed by atoms with Crippen molar-refractivity contribution in [3.63, 3.8) is 0 Å². The van der Waals surface area contributed by atoms with Crippen molar-refractivity contribution >= 4 is 5.82 Å². The Bertz CT molecular complexity index is 1290. The van der Waals surface area contributed by atoms with Gasteiger partial charge in [-0.3, -0.25) is 4.68 Å². The summed E-state index contributed by atoms with van der Waals surface area (Å²) in [5.74, 6) is 1.50. The summed E-state index contributed by atoms with van der Waals surface area (Å²) in [7, 11) is 1.90. The van der Waals surface area contributed by atoms with Crippen LogP contribution in [0.4, 0.5) is 5.82 Å². The van der Waals surface area contributed by atoms with Gasteiger partial charge in [0.15, 0.2) is 11.6 Å². The maximum absolute atomic E-state index is 9.00. The average molecular weight is 451 g/mol. The molecule has 1 aliphatic heterocycles. The number of aromatic nitrogens is 3. The van der Waals surface area contributed by atoms with Crippen molar-refractivity contribution in [2.45, 2.75) is 18.5 Å². The van der Waals surface area contributed by atoms with Crippen LogP contribution in [-0.4, -0.2) is 34.0 Å². The standard InChI is InChI=1S/C27H26N6O/c1-33-17-23(16-31-33)22-13-25-27(30-15-22)32-24(18-34-25)26(21-5-3-2-4-6-21)29-12-11-19-7-9-20(14-28)10-8-19/h2-10,13,15-17,24,26,29H,11-12,18H2,1H3,(H,30,32)/t24-,26-/m0/s1. The summed E-state index contributed by atoms with van der Waals surface area (Å²) in [5, 5.41) is 20.5. The Hall–Kier alpha value is -4.15. The van der Waals surface area contributed by atoms with Gasteiger partial charge in [-0.15, -0.1) is 0 Å². The average Bonchev–Trinajstić information content (AvgIpc) is 3.33. The third kappa shape index (κ3) is 4.77. The number of anilines is 1. The number of ether oxygens (including phenoxy) is 1. The summed E-state index contributed by atoms with van der Waals surface area (Å²) in [6.45, 7) is 1.32. The van der Waals surface area contributed by atoms with Gasteiger partial charge in [0.05, 0.1) is 29.9 Å². The monoisotopic (exact) mass is 450 g/mol. The number of benzene rings is 2. The molecule has 3 heterocycles. The molecule has 0 bridgehead atoms. The lowest BCUT2D eigenvalue weighted by molar-refractivity contribution is 0.253. The highest BCUT2D eigenvalue weighted by Crippen LogP contribution is 2.34. The number of hydrogen-bond donors (Lipinski definition) is 2. The van der Waals surface area contributed by atoms with Crippen LogP contribution in [0.5, 0.6) is 5.75 Å². The smallest absolute Gasteiger partial charge is 0.169 e. The summed E-state index contributed by atoms with van der Waals surface area (Å²) in [5.41, 5.74) is 5.06. The van der Waals surface area contributed by atoms with Gasteiger partial charge >= 0.3 is 0 Å². The maximum atomic E-state index is 9.00. The van der Waals surface area contributed by atoms with E-state index in [1.54, 1.807) is 4.68 Å². The third-order valence-electron chi connectivity index (χ3n) is 6.05. The maximum Gasteiger partial charge on any atom is 0.169 e. The highest BCUT2D eigenvalue weighted by atomic mass is 16.5. The summed E-state index contributed by atoms with van der Waals surface area (Å²) in [6, 6.07) is 22.4. The van der Waals surface area contributed by atoms with Crippen LogP contribution in [0.25, 0.3) is 11.1 Å². The topological polar surface area (TPSA) is 87.8 Å². The fraction of sp³-hybridized carbons (Fsp3) is 0.222. The van der Waals surface area contributed by atoms with E-state index in [0.717, 1.165) is 35.7 Å². The van der Waals surface area contributed by atoms with Gasteiger partial charge in [-0.05, 0) is 42.3 Å². The normalized spacial score (nSPS) is 15.5. The Balaban J connectivity index is 1.30. The lowest BCUT2D eigenvalue weighted by Gasteiger charge is -2.33. The molecule has 4 aromatic rings. The van der Waals surface area contributed by atoms with Crippen LogP contribution in [0.3, 0.4) is 0 Å². The van der Waals surface area contributed by atoms with Crippen molar-refractivity contribution in [1.82, 2.24) is 20.1 Å². The van der Waals surface area contributed by atoms with E-state index in [9.17, 15) is 0 Å². The van der Waals surface area contributed by atoms with Crippen LogP contribution in [0.15, 0.2) is 79.3 Å². The summed E-state index contributed by atoms with van der Waals surface area (Å²) >= 11 is 0. The Morgan fingerprint density at radius 1 is 1.15 bits per heavy atom. The predicted octanol–water partition coefficient (Wildman–Crippen LogP) is 4.10. The first-order valence-corrected chi connectivity index (χ1v) is 11.4. The van der Waals surface area contributed by atoms with E-state index < -0.39 is 0 Å². The van der Waals surface area contributed by atoms with E-state index in [0.29, 0.717) is 12.2 Å². The van der Waals surface area contributed by atoms with Crippen LogP contribution in [0.1, 0.15) is 22.7 Å². The molecule has 34 heavy (non-hydrogen) atoms. The van der Waals surface area contributed by atoms with Crippen molar-refractivity contribution in [3.05, 3.63) is 95.9 Å². The number of nitriles is 1. The van der Waals surface area contributed by atoms with Crippen LogP contribution < -0.4 is 15.4 Å². The second-order valence-electron chi connectivity index (χ2n) is 8.44. The number of pyridine rings is 1. The van der Waals surface area contributed by atoms with E-state index in [-0.39, 0.29) is 12.1 Å². The molecule has 170 valence electrons. The molecular formula is C27H26N6O. The number of rotatable bonds is 7. The van der Waals surface area contributed by atoms with Gasteiger partial charge < -0.3 is 15.4 Å². The SMILES string of the molecule is Cn1cc(-c2cnc3c(c2)OC[C@@H]([C@@H](NCCc2ccc(C#N)cc2)c2ccccc2)N3)cn1. The molecule has 0 saturated heterocycles. The number of nitrogens with zero attached hydrogens (tertiary/aromatic N) is 4. The molecule has 0 saturated carbocycles. The van der Waals surface area contributed by atoms with Crippen molar-refractivity contribution in [2.75, 3.05) is 18.5 Å². The van der Waals surface area contributed by atoms with Gasteiger partial charge in [0.25, 0.3) is 0 Å². The van der Waals surface area contributed by atoms with Gasteiger partial charge in [0.2, 0.25) is 0 Å². The molecule has 2 N–H and O–H groups in total. The minimum atomic E-state index is 0.0209. The van der Waals surface area contributed by atoms with Crippen molar-refractivity contribution in [1.29, 1.82) is 5.26 Å². The zero-order valence-electron chi connectivity index (χ0n) is 19.0. The minimum absolute atomic E-state index is 0.0209. The number of fused-ring (bicyclic) bond motifs is 1. The lowest BCUT2D eigenvalue weighted by atomic mass is 9.98. The lowest BCUT2D eigenvalue weighted by Crippen LogP contribution is -2.44. The van der Waals surface area contributed by atoms with Gasteiger partial charge in [-0.1, -0.05) is 42.5 Å². The van der Waals surface area contributed by atoms with E-state index in [1.807, 2.05) is 62.0 Å². The zero-order valence-corrected chi connectivity index (χ0v) is 19.0. The second-order valence-corrected chi connectivity index (χ2v) is 8.44. The summed E-state index contributed by atoms with van der Waals surface area (Å²) in [6.07, 6.45) is 6.51. The zero-order chi connectivity index (χ0) is 23.3. The van der Waals surface area contributed by atoms with Crippen LogP contribution >= 0.6 is 0 Å². The third-order valence-corrected chi connectivity index (χ3v) is 6.05. The van der Waals surface area contributed by atoms with Gasteiger partial charge in [0, 0.05) is 30.6 Å². The molecule has 2 aromatic carbocycles.